The van der Waals surface area contributed by atoms with Gasteiger partial charge in [-0.1, -0.05) is 199 Å². The van der Waals surface area contributed by atoms with Crippen LogP contribution < -0.4 is 5.32 Å². The van der Waals surface area contributed by atoms with Crippen LogP contribution in [0.15, 0.2) is 24.3 Å². The molecule has 0 rings (SSSR count). The van der Waals surface area contributed by atoms with E-state index in [1.54, 1.807) is 0 Å². The Morgan fingerprint density at radius 3 is 1.25 bits per heavy atom. The first-order valence-corrected chi connectivity index (χ1v) is 22.9. The lowest BCUT2D eigenvalue weighted by molar-refractivity contribution is -0.122. The highest BCUT2D eigenvalue weighted by molar-refractivity contribution is 5.78. The number of ketones is 1. The molecule has 0 aromatic heterocycles. The predicted octanol–water partition coefficient (Wildman–Crippen LogP) is 14.6. The zero-order chi connectivity index (χ0) is 37.1. The highest BCUT2D eigenvalue weighted by Gasteiger charge is 2.11. The number of aliphatic hydroxyl groups is 1. The van der Waals surface area contributed by atoms with Crippen LogP contribution >= 0.6 is 0 Å². The minimum absolute atomic E-state index is 0.0476. The number of carbonyl (C=O) groups excluding carboxylic acids is 2. The van der Waals surface area contributed by atoms with E-state index in [0.29, 0.717) is 12.2 Å². The molecule has 0 heterocycles. The second kappa shape index (κ2) is 43.0. The number of allylic oxidation sites excluding steroid dienone is 4. The molecule has 0 aromatic carbocycles. The van der Waals surface area contributed by atoms with Crippen LogP contribution in [0.4, 0.5) is 0 Å². The van der Waals surface area contributed by atoms with Gasteiger partial charge in [0.05, 0.1) is 12.6 Å². The maximum absolute atomic E-state index is 12.4. The van der Waals surface area contributed by atoms with Crippen molar-refractivity contribution in [2.24, 2.45) is 0 Å². The minimum atomic E-state index is -0.0815. The quantitative estimate of drug-likeness (QED) is 0.0488. The number of nitrogens with one attached hydrogen (secondary N) is 1. The Labute approximate surface area is 319 Å². The summed E-state index contributed by atoms with van der Waals surface area (Å²) in [5.74, 6) is 0.561. The van der Waals surface area contributed by atoms with Gasteiger partial charge in [-0.3, -0.25) is 9.59 Å². The van der Waals surface area contributed by atoms with E-state index in [-0.39, 0.29) is 18.6 Å². The normalized spacial score (nSPS) is 12.4. The number of rotatable bonds is 42. The maximum atomic E-state index is 12.4. The summed E-state index contributed by atoms with van der Waals surface area (Å²) in [5, 5.41) is 12.8. The fourth-order valence-corrected chi connectivity index (χ4v) is 7.02. The summed E-state index contributed by atoms with van der Waals surface area (Å²) in [6.07, 6.45) is 53.7. The number of amides is 1. The molecule has 0 aliphatic carbocycles. The van der Waals surface area contributed by atoms with E-state index in [9.17, 15) is 14.7 Å². The molecule has 0 radical (unpaired) electrons. The van der Waals surface area contributed by atoms with Crippen molar-refractivity contribution in [3.05, 3.63) is 24.3 Å². The first-order valence-electron chi connectivity index (χ1n) is 22.9. The third-order valence-electron chi connectivity index (χ3n) is 10.5. The molecule has 1 unspecified atom stereocenters. The minimum Gasteiger partial charge on any atom is -0.394 e. The highest BCUT2D eigenvalue weighted by Crippen LogP contribution is 2.15. The van der Waals surface area contributed by atoms with E-state index >= 15 is 0 Å². The smallest absolute Gasteiger partial charge is 0.220 e. The number of carbonyl (C=O) groups is 2. The summed E-state index contributed by atoms with van der Waals surface area (Å²) in [6, 6.07) is -0.0815. The Morgan fingerprint density at radius 1 is 0.451 bits per heavy atom. The number of Topliss-reactive ketones (excluding diaryl/α,β-unsaturated/α-hetero) is 1. The molecule has 0 spiro atoms. The van der Waals surface area contributed by atoms with Gasteiger partial charge in [-0.05, 0) is 57.8 Å². The molecule has 1 amide bonds. The van der Waals surface area contributed by atoms with E-state index < -0.39 is 0 Å². The molecule has 0 fully saturated rings. The van der Waals surface area contributed by atoms with Crippen molar-refractivity contribution in [2.75, 3.05) is 6.61 Å². The fraction of sp³-hybridized carbons (Fsp3) is 0.872. The third kappa shape index (κ3) is 41.2. The van der Waals surface area contributed by atoms with Gasteiger partial charge < -0.3 is 10.4 Å². The molecular formula is C47H89NO3. The standard InChI is InChI=1S/C47H89NO3/c1-3-5-7-9-11-13-15-17-19-21-23-25-29-33-37-41-46(50)42-38-34-30-26-27-31-35-39-43-47(51)48-45(44-49)40-36-32-28-24-22-20-18-16-14-12-10-8-6-4-2/h11,13,17,19,45,49H,3-10,12,14-16,18,20-44H2,1-2H3,(H,48,51). The summed E-state index contributed by atoms with van der Waals surface area (Å²) < 4.78 is 0. The van der Waals surface area contributed by atoms with Crippen molar-refractivity contribution >= 4 is 11.7 Å². The van der Waals surface area contributed by atoms with Gasteiger partial charge >= 0.3 is 0 Å². The number of aliphatic hydroxyl groups excluding tert-OH is 1. The summed E-state index contributed by atoms with van der Waals surface area (Å²) in [7, 11) is 0. The van der Waals surface area contributed by atoms with E-state index in [1.165, 1.54) is 167 Å². The van der Waals surface area contributed by atoms with Crippen molar-refractivity contribution in [3.63, 3.8) is 0 Å². The van der Waals surface area contributed by atoms with Gasteiger partial charge in [0.1, 0.15) is 5.78 Å². The SMILES string of the molecule is CCCCCC=CCC=CCCCCCCCC(=O)CCCCCCCCCCC(=O)NC(CO)CCCCCCCCCCCCCCCC. The number of hydrogen-bond acceptors (Lipinski definition) is 3. The van der Waals surface area contributed by atoms with Crippen LogP contribution in [-0.2, 0) is 9.59 Å². The first-order chi connectivity index (χ1) is 25.1. The monoisotopic (exact) mass is 716 g/mol. The predicted molar refractivity (Wildman–Crippen MR) is 224 cm³/mol. The molecule has 0 saturated carbocycles. The molecule has 4 heteroatoms. The Bertz CT molecular complexity index is 775. The molecule has 0 bridgehead atoms. The van der Waals surface area contributed by atoms with Gasteiger partial charge in [0.2, 0.25) is 5.91 Å². The van der Waals surface area contributed by atoms with E-state index in [0.717, 1.165) is 64.2 Å². The fourth-order valence-electron chi connectivity index (χ4n) is 7.02. The van der Waals surface area contributed by atoms with Crippen LogP contribution in [0.1, 0.15) is 251 Å². The number of hydrogen-bond donors (Lipinski definition) is 2. The topological polar surface area (TPSA) is 66.4 Å². The summed E-state index contributed by atoms with van der Waals surface area (Å²) in [6.45, 7) is 4.58. The highest BCUT2D eigenvalue weighted by atomic mass is 16.3. The van der Waals surface area contributed by atoms with Crippen LogP contribution in [0.2, 0.25) is 0 Å². The van der Waals surface area contributed by atoms with Crippen molar-refractivity contribution in [2.45, 2.75) is 257 Å². The Hall–Kier alpha value is -1.42. The summed E-state index contributed by atoms with van der Waals surface area (Å²) in [5.41, 5.74) is 0. The van der Waals surface area contributed by atoms with Gasteiger partial charge in [0.25, 0.3) is 0 Å². The largest absolute Gasteiger partial charge is 0.394 e. The Morgan fingerprint density at radius 2 is 0.804 bits per heavy atom. The number of unbranched alkanes of at least 4 members (excludes halogenated alkanes) is 28. The Kier molecular flexibility index (Phi) is 41.8. The van der Waals surface area contributed by atoms with Crippen LogP contribution in [-0.4, -0.2) is 29.4 Å². The zero-order valence-electron chi connectivity index (χ0n) is 34.5. The van der Waals surface area contributed by atoms with Crippen molar-refractivity contribution in [1.29, 1.82) is 0 Å². The Balaban J connectivity index is 3.45. The molecule has 0 aliphatic rings. The second-order valence-electron chi connectivity index (χ2n) is 15.7. The first kappa shape index (κ1) is 49.6. The summed E-state index contributed by atoms with van der Waals surface area (Å²) >= 11 is 0. The van der Waals surface area contributed by atoms with Crippen molar-refractivity contribution in [1.82, 2.24) is 5.32 Å². The lowest BCUT2D eigenvalue weighted by Crippen LogP contribution is -2.37. The van der Waals surface area contributed by atoms with Crippen molar-refractivity contribution < 1.29 is 14.7 Å². The molecule has 2 N–H and O–H groups in total. The molecule has 51 heavy (non-hydrogen) atoms. The van der Waals surface area contributed by atoms with Crippen molar-refractivity contribution in [3.8, 4) is 0 Å². The molecule has 0 aromatic rings. The van der Waals surface area contributed by atoms with Gasteiger partial charge in [0, 0.05) is 19.3 Å². The van der Waals surface area contributed by atoms with Crippen LogP contribution in [0.5, 0.6) is 0 Å². The zero-order valence-corrected chi connectivity index (χ0v) is 34.5. The van der Waals surface area contributed by atoms with E-state index in [1.807, 2.05) is 0 Å². The van der Waals surface area contributed by atoms with E-state index in [2.05, 4.69) is 43.5 Å². The van der Waals surface area contributed by atoms with Gasteiger partial charge in [-0.25, -0.2) is 0 Å². The molecule has 1 atom stereocenters. The lowest BCUT2D eigenvalue weighted by Gasteiger charge is -2.16. The van der Waals surface area contributed by atoms with E-state index in [4.69, 9.17) is 0 Å². The molecule has 0 aliphatic heterocycles. The summed E-state index contributed by atoms with van der Waals surface area (Å²) in [4.78, 5) is 24.6. The third-order valence-corrected chi connectivity index (χ3v) is 10.5. The van der Waals surface area contributed by atoms with Crippen LogP contribution in [0, 0.1) is 0 Å². The molecular weight excluding hydrogens is 627 g/mol. The average Bonchev–Trinajstić information content (AvgIpc) is 3.13. The van der Waals surface area contributed by atoms with Gasteiger partial charge in [0.15, 0.2) is 0 Å². The van der Waals surface area contributed by atoms with Gasteiger partial charge in [-0.15, -0.1) is 0 Å². The molecule has 4 nitrogen and oxygen atoms in total. The average molecular weight is 716 g/mol. The van der Waals surface area contributed by atoms with Gasteiger partial charge in [-0.2, -0.15) is 0 Å². The maximum Gasteiger partial charge on any atom is 0.220 e. The lowest BCUT2D eigenvalue weighted by atomic mass is 10.0. The molecule has 0 saturated heterocycles. The van der Waals surface area contributed by atoms with Crippen LogP contribution in [0.25, 0.3) is 0 Å². The van der Waals surface area contributed by atoms with Crippen LogP contribution in [0.3, 0.4) is 0 Å². The second-order valence-corrected chi connectivity index (χ2v) is 15.7. The molecule has 300 valence electrons.